The average molecular weight is 175 g/mol. The lowest BCUT2D eigenvalue weighted by Gasteiger charge is -2.03. The van der Waals surface area contributed by atoms with E-state index in [1.807, 2.05) is 12.2 Å². The summed E-state index contributed by atoms with van der Waals surface area (Å²) in [7, 11) is 0. The maximum absolute atomic E-state index is 11.2. The third kappa shape index (κ3) is 1.97. The highest BCUT2D eigenvalue weighted by Crippen LogP contribution is 2.12. The molecule has 0 aliphatic heterocycles. The minimum absolute atomic E-state index is 0.335. The molecule has 0 fully saturated rings. The Morgan fingerprint density at radius 2 is 2.31 bits per heavy atom. The molecule has 0 heterocycles. The predicted molar refractivity (Wildman–Crippen MR) is 48.7 cm³/mol. The number of nitrogen functional groups attached to an aromatic ring is 1. The van der Waals surface area contributed by atoms with Gasteiger partial charge in [-0.25, -0.2) is 0 Å². The number of carbonyl (C=O) groups excluding carboxylic acids is 1. The van der Waals surface area contributed by atoms with Gasteiger partial charge in [0.15, 0.2) is 6.19 Å². The van der Waals surface area contributed by atoms with Crippen LogP contribution in [0.3, 0.4) is 0 Å². The van der Waals surface area contributed by atoms with Crippen LogP contribution in [0.5, 0.6) is 0 Å². The minimum atomic E-state index is -0.469. The topological polar surface area (TPSA) is 78.9 Å². The number of nitriles is 1. The predicted octanol–water partition coefficient (Wildman–Crippen LogP) is 0.788. The molecule has 0 atom stereocenters. The van der Waals surface area contributed by atoms with Crippen molar-refractivity contribution in [1.29, 1.82) is 5.26 Å². The first-order valence-corrected chi connectivity index (χ1v) is 3.70. The van der Waals surface area contributed by atoms with E-state index in [1.165, 1.54) is 0 Å². The van der Waals surface area contributed by atoms with Crippen molar-refractivity contribution in [3.63, 3.8) is 0 Å². The molecule has 66 valence electrons. The Kier molecular flexibility index (Phi) is 2.50. The van der Waals surface area contributed by atoms with Gasteiger partial charge in [-0.2, -0.15) is 5.26 Å². The normalized spacial score (nSPS) is 8.92. The minimum Gasteiger partial charge on any atom is -0.398 e. The highest BCUT2D eigenvalue weighted by molar-refractivity contribution is 6.00. The Balaban J connectivity index is 3.07. The number of anilines is 1. The summed E-state index contributed by atoms with van der Waals surface area (Å²) in [4.78, 5) is 11.2. The zero-order valence-corrected chi connectivity index (χ0v) is 7.16. The van der Waals surface area contributed by atoms with Gasteiger partial charge >= 0.3 is 0 Å². The number of nitrogens with two attached hydrogens (primary N) is 1. The van der Waals surface area contributed by atoms with Gasteiger partial charge in [-0.1, -0.05) is 11.6 Å². The smallest absolute Gasteiger partial charge is 0.266 e. The fourth-order valence-electron chi connectivity index (χ4n) is 0.985. The quantitative estimate of drug-likeness (QED) is 0.376. The molecule has 1 aromatic rings. The number of amides is 1. The summed E-state index contributed by atoms with van der Waals surface area (Å²) < 4.78 is 0. The van der Waals surface area contributed by atoms with Crippen molar-refractivity contribution in [2.45, 2.75) is 6.92 Å². The number of benzene rings is 1. The Morgan fingerprint density at radius 3 is 2.92 bits per heavy atom. The molecule has 0 bridgehead atoms. The van der Waals surface area contributed by atoms with Crippen LogP contribution in [0, 0.1) is 18.4 Å². The molecule has 0 spiro atoms. The molecular formula is C9H9N3O. The van der Waals surface area contributed by atoms with Gasteiger partial charge in [-0.15, -0.1) is 0 Å². The Bertz CT molecular complexity index is 379. The second kappa shape index (κ2) is 3.59. The molecule has 13 heavy (non-hydrogen) atoms. The Hall–Kier alpha value is -2.02. The molecule has 4 heteroatoms. The van der Waals surface area contributed by atoms with Gasteiger partial charge in [-0.3, -0.25) is 10.1 Å². The summed E-state index contributed by atoms with van der Waals surface area (Å²) >= 11 is 0. The summed E-state index contributed by atoms with van der Waals surface area (Å²) in [5.41, 5.74) is 7.19. The van der Waals surface area contributed by atoms with E-state index in [0.717, 1.165) is 5.56 Å². The van der Waals surface area contributed by atoms with Crippen molar-refractivity contribution in [3.05, 3.63) is 29.3 Å². The van der Waals surface area contributed by atoms with E-state index >= 15 is 0 Å². The van der Waals surface area contributed by atoms with E-state index in [4.69, 9.17) is 11.0 Å². The van der Waals surface area contributed by atoms with E-state index in [9.17, 15) is 4.79 Å². The molecule has 1 amide bonds. The first-order chi connectivity index (χ1) is 6.15. The number of carbonyl (C=O) groups is 1. The van der Waals surface area contributed by atoms with Crippen LogP contribution in [0.2, 0.25) is 0 Å². The summed E-state index contributed by atoms with van der Waals surface area (Å²) in [6, 6.07) is 5.09. The number of aryl methyl sites for hydroxylation is 1. The fraction of sp³-hybridized carbons (Fsp3) is 0.111. The second-order valence-electron chi connectivity index (χ2n) is 2.66. The number of hydrogen-bond donors (Lipinski definition) is 2. The van der Waals surface area contributed by atoms with Gasteiger partial charge in [0, 0.05) is 5.69 Å². The van der Waals surface area contributed by atoms with Crippen molar-refractivity contribution in [3.8, 4) is 6.19 Å². The summed E-state index contributed by atoms with van der Waals surface area (Å²) in [5, 5.41) is 10.3. The van der Waals surface area contributed by atoms with Gasteiger partial charge in [0.2, 0.25) is 0 Å². The van der Waals surface area contributed by atoms with Gasteiger partial charge in [-0.05, 0) is 19.1 Å². The standard InChI is InChI=1S/C9H9N3O/c1-6-2-3-8(11)7(4-6)9(13)12-5-10/h2-4H,11H2,1H3,(H,12,13). The molecule has 3 N–H and O–H groups in total. The third-order valence-corrected chi connectivity index (χ3v) is 1.62. The van der Waals surface area contributed by atoms with Crippen LogP contribution in [-0.2, 0) is 0 Å². The maximum atomic E-state index is 11.2. The van der Waals surface area contributed by atoms with Crippen molar-refractivity contribution in [2.75, 3.05) is 5.73 Å². The molecule has 0 saturated carbocycles. The van der Waals surface area contributed by atoms with Crippen LogP contribution in [0.15, 0.2) is 18.2 Å². The SMILES string of the molecule is Cc1ccc(N)c(C(=O)NC#N)c1. The Morgan fingerprint density at radius 1 is 1.62 bits per heavy atom. The van der Waals surface area contributed by atoms with Crippen LogP contribution >= 0.6 is 0 Å². The van der Waals surface area contributed by atoms with Gasteiger partial charge in [0.25, 0.3) is 5.91 Å². The Labute approximate surface area is 76.0 Å². The van der Waals surface area contributed by atoms with Crippen molar-refractivity contribution in [2.24, 2.45) is 0 Å². The molecule has 0 aliphatic rings. The highest BCUT2D eigenvalue weighted by Gasteiger charge is 2.08. The van der Waals surface area contributed by atoms with Crippen molar-refractivity contribution < 1.29 is 4.79 Å². The summed E-state index contributed by atoms with van der Waals surface area (Å²) in [5.74, 6) is -0.469. The zero-order valence-electron chi connectivity index (χ0n) is 7.16. The van der Waals surface area contributed by atoms with Crippen molar-refractivity contribution in [1.82, 2.24) is 5.32 Å². The fourth-order valence-corrected chi connectivity index (χ4v) is 0.985. The average Bonchev–Trinajstić information content (AvgIpc) is 2.09. The maximum Gasteiger partial charge on any atom is 0.266 e. The molecule has 4 nitrogen and oxygen atoms in total. The molecule has 0 radical (unpaired) electrons. The first kappa shape index (κ1) is 9.07. The molecule has 0 aliphatic carbocycles. The van der Waals surface area contributed by atoms with Crippen LogP contribution in [0.4, 0.5) is 5.69 Å². The first-order valence-electron chi connectivity index (χ1n) is 3.70. The lowest BCUT2D eigenvalue weighted by Crippen LogP contribution is -2.18. The van der Waals surface area contributed by atoms with Crippen LogP contribution < -0.4 is 11.1 Å². The number of rotatable bonds is 1. The second-order valence-corrected chi connectivity index (χ2v) is 2.66. The van der Waals surface area contributed by atoms with Gasteiger partial charge in [0.05, 0.1) is 5.56 Å². The van der Waals surface area contributed by atoms with E-state index in [1.54, 1.807) is 24.4 Å². The van der Waals surface area contributed by atoms with Crippen LogP contribution in [0.1, 0.15) is 15.9 Å². The molecule has 0 unspecified atom stereocenters. The van der Waals surface area contributed by atoms with E-state index in [0.29, 0.717) is 11.3 Å². The molecule has 1 rings (SSSR count). The monoisotopic (exact) mass is 175 g/mol. The van der Waals surface area contributed by atoms with E-state index in [2.05, 4.69) is 0 Å². The number of nitrogens with one attached hydrogen (secondary N) is 1. The highest BCUT2D eigenvalue weighted by atomic mass is 16.1. The van der Waals surface area contributed by atoms with Crippen LogP contribution in [0.25, 0.3) is 0 Å². The molecule has 0 aromatic heterocycles. The number of hydrogen-bond acceptors (Lipinski definition) is 3. The largest absolute Gasteiger partial charge is 0.398 e. The molecule has 1 aromatic carbocycles. The number of nitrogens with zero attached hydrogens (tertiary/aromatic N) is 1. The van der Waals surface area contributed by atoms with Gasteiger partial charge < -0.3 is 5.73 Å². The summed E-state index contributed by atoms with van der Waals surface area (Å²) in [6.07, 6.45) is 1.56. The lowest BCUT2D eigenvalue weighted by molar-refractivity contribution is 0.0973. The lowest BCUT2D eigenvalue weighted by atomic mass is 10.1. The van der Waals surface area contributed by atoms with E-state index < -0.39 is 5.91 Å². The van der Waals surface area contributed by atoms with E-state index in [-0.39, 0.29) is 0 Å². The van der Waals surface area contributed by atoms with Crippen molar-refractivity contribution >= 4 is 11.6 Å². The molecular weight excluding hydrogens is 166 g/mol. The van der Waals surface area contributed by atoms with Crippen LogP contribution in [-0.4, -0.2) is 5.91 Å². The zero-order chi connectivity index (χ0) is 9.84. The summed E-state index contributed by atoms with van der Waals surface area (Å²) in [6.45, 7) is 1.85. The third-order valence-electron chi connectivity index (χ3n) is 1.62. The van der Waals surface area contributed by atoms with Gasteiger partial charge in [0.1, 0.15) is 0 Å². The molecule has 0 saturated heterocycles.